The summed E-state index contributed by atoms with van der Waals surface area (Å²) in [5.74, 6) is -0.748. The van der Waals surface area contributed by atoms with Gasteiger partial charge in [0.25, 0.3) is 0 Å². The van der Waals surface area contributed by atoms with Crippen molar-refractivity contribution >= 4 is 28.6 Å². The van der Waals surface area contributed by atoms with Crippen LogP contribution in [0.2, 0.25) is 0 Å². The molecule has 82 valence electrons. The summed E-state index contributed by atoms with van der Waals surface area (Å²) < 4.78 is 1.70. The van der Waals surface area contributed by atoms with E-state index in [4.69, 9.17) is 5.11 Å². The first-order valence-electron chi connectivity index (χ1n) is 4.77. The number of fused-ring (bicyclic) bond motifs is 1. The highest BCUT2D eigenvalue weighted by Crippen LogP contribution is 2.24. The molecule has 0 atom stereocenters. The van der Waals surface area contributed by atoms with Crippen LogP contribution < -0.4 is 4.68 Å². The quantitative estimate of drug-likeness (QED) is 0.642. The van der Waals surface area contributed by atoms with Crippen LogP contribution in [0, 0.1) is 0 Å². The Morgan fingerprint density at radius 3 is 3.00 bits per heavy atom. The number of hydrogen-bond acceptors (Lipinski definition) is 3. The fraction of sp³-hybridized carbons (Fsp3) is 0.182. The van der Waals surface area contributed by atoms with Crippen molar-refractivity contribution < 1.29 is 14.6 Å². The summed E-state index contributed by atoms with van der Waals surface area (Å²) >= 11 is 1.31. The maximum absolute atomic E-state index is 10.6. The molecule has 0 saturated heterocycles. The van der Waals surface area contributed by atoms with Gasteiger partial charge in [0.05, 0.1) is 10.6 Å². The van der Waals surface area contributed by atoms with Crippen molar-refractivity contribution in [2.45, 2.75) is 4.90 Å². The van der Waals surface area contributed by atoms with E-state index in [-0.39, 0.29) is 5.75 Å². The van der Waals surface area contributed by atoms with E-state index in [2.05, 4.69) is 5.10 Å². The van der Waals surface area contributed by atoms with Crippen LogP contribution in [-0.4, -0.2) is 21.9 Å². The van der Waals surface area contributed by atoms with Gasteiger partial charge in [-0.2, -0.15) is 0 Å². The molecular formula is C11H11N2O2S+. The lowest BCUT2D eigenvalue weighted by atomic mass is 10.2. The normalized spacial score (nSPS) is 10.6. The second-order valence-electron chi connectivity index (χ2n) is 3.37. The Balaban J connectivity index is 2.46. The van der Waals surface area contributed by atoms with Gasteiger partial charge in [-0.3, -0.25) is 4.79 Å². The van der Waals surface area contributed by atoms with E-state index < -0.39 is 5.97 Å². The largest absolute Gasteiger partial charge is 0.481 e. The Hall–Kier alpha value is -1.62. The molecule has 2 rings (SSSR count). The molecule has 0 amide bonds. The van der Waals surface area contributed by atoms with E-state index in [1.807, 2.05) is 37.5 Å². The summed E-state index contributed by atoms with van der Waals surface area (Å²) in [6.07, 6.45) is 1.84. The van der Waals surface area contributed by atoms with Crippen molar-refractivity contribution in [2.24, 2.45) is 7.05 Å². The number of rotatable bonds is 3. The Morgan fingerprint density at radius 2 is 2.25 bits per heavy atom. The molecule has 1 N–H and O–H groups in total. The molecule has 1 heterocycles. The molecule has 0 aliphatic carbocycles. The van der Waals surface area contributed by atoms with E-state index in [1.54, 1.807) is 4.68 Å². The molecule has 4 nitrogen and oxygen atoms in total. The summed E-state index contributed by atoms with van der Waals surface area (Å²) in [7, 11) is 1.83. The summed E-state index contributed by atoms with van der Waals surface area (Å²) in [5.41, 5.74) is 0.875. The number of aliphatic carboxylic acids is 1. The SMILES string of the molecule is C[n+]1cc(SCC(=O)O)c2ccccc2n1. The fourth-order valence-corrected chi connectivity index (χ4v) is 2.30. The summed E-state index contributed by atoms with van der Waals surface area (Å²) in [4.78, 5) is 11.5. The van der Waals surface area contributed by atoms with Crippen LogP contribution in [0.1, 0.15) is 0 Å². The van der Waals surface area contributed by atoms with Crippen LogP contribution >= 0.6 is 11.8 Å². The number of aryl methyl sites for hydroxylation is 1. The van der Waals surface area contributed by atoms with Crippen LogP contribution in [0.25, 0.3) is 10.9 Å². The average molecular weight is 235 g/mol. The molecule has 0 radical (unpaired) electrons. The molecule has 1 aromatic carbocycles. The monoisotopic (exact) mass is 235 g/mol. The first kappa shape index (κ1) is 10.9. The molecule has 16 heavy (non-hydrogen) atoms. The lowest BCUT2D eigenvalue weighted by Crippen LogP contribution is -2.32. The number of carboxylic acid groups (broad SMARTS) is 1. The van der Waals surface area contributed by atoms with E-state index in [0.29, 0.717) is 0 Å². The summed E-state index contributed by atoms with van der Waals surface area (Å²) in [5, 5.41) is 14.0. The molecule has 0 unspecified atom stereocenters. The molecule has 2 aromatic rings. The maximum Gasteiger partial charge on any atom is 0.313 e. The Morgan fingerprint density at radius 1 is 1.50 bits per heavy atom. The molecule has 0 aliphatic heterocycles. The van der Waals surface area contributed by atoms with Gasteiger partial charge in [0.1, 0.15) is 5.52 Å². The van der Waals surface area contributed by atoms with Crippen LogP contribution in [-0.2, 0) is 11.8 Å². The number of carbonyl (C=O) groups is 1. The second kappa shape index (κ2) is 4.49. The van der Waals surface area contributed by atoms with E-state index >= 15 is 0 Å². The number of nitrogens with zero attached hydrogens (tertiary/aromatic N) is 2. The zero-order chi connectivity index (χ0) is 11.5. The van der Waals surface area contributed by atoms with Gasteiger partial charge in [0, 0.05) is 5.39 Å². The lowest BCUT2D eigenvalue weighted by molar-refractivity contribution is -0.730. The Bertz CT molecular complexity index is 542. The van der Waals surface area contributed by atoms with Gasteiger partial charge in [0.15, 0.2) is 7.05 Å². The third-order valence-electron chi connectivity index (χ3n) is 2.09. The molecule has 0 saturated carbocycles. The van der Waals surface area contributed by atoms with Crippen molar-refractivity contribution in [2.75, 3.05) is 5.75 Å². The zero-order valence-electron chi connectivity index (χ0n) is 8.75. The third kappa shape index (κ3) is 2.30. The molecule has 0 fully saturated rings. The highest BCUT2D eigenvalue weighted by Gasteiger charge is 2.10. The van der Waals surface area contributed by atoms with Gasteiger partial charge in [0.2, 0.25) is 6.20 Å². The topological polar surface area (TPSA) is 54.1 Å². The standard InChI is InChI=1S/C11H10N2O2S/c1-13-6-10(16-7-11(14)15)8-4-2-3-5-9(8)12-13/h2-6H,7H2,1H3/p+1. The minimum absolute atomic E-state index is 0.0635. The zero-order valence-corrected chi connectivity index (χ0v) is 9.57. The highest BCUT2D eigenvalue weighted by molar-refractivity contribution is 8.00. The number of aromatic nitrogens is 2. The van der Waals surface area contributed by atoms with Crippen LogP contribution in [0.5, 0.6) is 0 Å². The fourth-order valence-electron chi connectivity index (χ4n) is 1.46. The minimum Gasteiger partial charge on any atom is -0.481 e. The van der Waals surface area contributed by atoms with E-state index in [1.165, 1.54) is 11.8 Å². The number of benzene rings is 1. The first-order valence-corrected chi connectivity index (χ1v) is 5.75. The minimum atomic E-state index is -0.812. The number of carboxylic acids is 1. The van der Waals surface area contributed by atoms with Crippen LogP contribution in [0.4, 0.5) is 0 Å². The van der Waals surface area contributed by atoms with Crippen molar-refractivity contribution in [3.63, 3.8) is 0 Å². The van der Waals surface area contributed by atoms with Gasteiger partial charge in [-0.15, -0.1) is 11.8 Å². The van der Waals surface area contributed by atoms with Crippen molar-refractivity contribution in [1.82, 2.24) is 5.10 Å². The van der Waals surface area contributed by atoms with Gasteiger partial charge in [-0.25, -0.2) is 0 Å². The molecule has 0 bridgehead atoms. The smallest absolute Gasteiger partial charge is 0.313 e. The molecule has 1 aromatic heterocycles. The van der Waals surface area contributed by atoms with Gasteiger partial charge in [-0.1, -0.05) is 22.9 Å². The van der Waals surface area contributed by atoms with Crippen LogP contribution in [0.15, 0.2) is 35.4 Å². The van der Waals surface area contributed by atoms with Gasteiger partial charge >= 0.3 is 5.97 Å². The number of hydrogen-bond donors (Lipinski definition) is 1. The predicted molar refractivity (Wildman–Crippen MR) is 61.3 cm³/mol. The van der Waals surface area contributed by atoms with E-state index in [9.17, 15) is 4.79 Å². The van der Waals surface area contributed by atoms with Gasteiger partial charge in [-0.05, 0) is 11.2 Å². The molecular weight excluding hydrogens is 224 g/mol. The van der Waals surface area contributed by atoms with E-state index in [0.717, 1.165) is 15.8 Å². The van der Waals surface area contributed by atoms with Gasteiger partial charge < -0.3 is 5.11 Å². The number of thioether (sulfide) groups is 1. The maximum atomic E-state index is 10.6. The highest BCUT2D eigenvalue weighted by atomic mass is 32.2. The predicted octanol–water partition coefficient (Wildman–Crippen LogP) is 1.24. The van der Waals surface area contributed by atoms with Crippen molar-refractivity contribution in [3.05, 3.63) is 30.5 Å². The Kier molecular flexibility index (Phi) is 3.05. The molecule has 5 heteroatoms. The second-order valence-corrected chi connectivity index (χ2v) is 4.38. The molecule has 0 aliphatic rings. The first-order chi connectivity index (χ1) is 7.66. The lowest BCUT2D eigenvalue weighted by Gasteiger charge is -2.01. The van der Waals surface area contributed by atoms with Crippen molar-refractivity contribution in [3.8, 4) is 0 Å². The Labute approximate surface area is 96.9 Å². The average Bonchev–Trinajstić information content (AvgIpc) is 2.25. The summed E-state index contributed by atoms with van der Waals surface area (Å²) in [6.45, 7) is 0. The van der Waals surface area contributed by atoms with Crippen LogP contribution in [0.3, 0.4) is 0 Å². The van der Waals surface area contributed by atoms with Crippen molar-refractivity contribution in [1.29, 1.82) is 0 Å². The third-order valence-corrected chi connectivity index (χ3v) is 3.12. The summed E-state index contributed by atoms with van der Waals surface area (Å²) in [6, 6.07) is 7.71. The molecule has 0 spiro atoms.